The fourth-order valence-corrected chi connectivity index (χ4v) is 2.33. The van der Waals surface area contributed by atoms with Gasteiger partial charge in [-0.25, -0.2) is 0 Å². The molecule has 0 saturated heterocycles. The molecule has 0 spiro atoms. The molecule has 8 heteroatoms. The van der Waals surface area contributed by atoms with Crippen LogP contribution in [0.5, 0.6) is 0 Å². The molecular formula is C10H15N5O2S. The summed E-state index contributed by atoms with van der Waals surface area (Å²) >= 11 is 1.24. The molecule has 1 aromatic rings. The highest BCUT2D eigenvalue weighted by Crippen LogP contribution is 2.40. The first-order valence-electron chi connectivity index (χ1n) is 5.70. The smallest absolute Gasteiger partial charge is 0.227 e. The molecule has 1 aliphatic rings. The number of carbonyl (C=O) groups is 2. The van der Waals surface area contributed by atoms with Crippen LogP contribution >= 0.6 is 11.8 Å². The lowest BCUT2D eigenvalue weighted by Crippen LogP contribution is -2.17. The summed E-state index contributed by atoms with van der Waals surface area (Å²) in [5.41, 5.74) is 10.2. The lowest BCUT2D eigenvalue weighted by atomic mass is 10.3. The predicted octanol–water partition coefficient (Wildman–Crippen LogP) is -0.392. The molecular weight excluding hydrogens is 254 g/mol. The predicted molar refractivity (Wildman–Crippen MR) is 65.7 cm³/mol. The van der Waals surface area contributed by atoms with Crippen molar-refractivity contribution < 1.29 is 9.59 Å². The van der Waals surface area contributed by atoms with Crippen molar-refractivity contribution in [1.82, 2.24) is 14.8 Å². The second-order valence-electron chi connectivity index (χ2n) is 4.24. The molecule has 0 aliphatic heterocycles. The van der Waals surface area contributed by atoms with Crippen molar-refractivity contribution in [3.8, 4) is 0 Å². The molecule has 0 aromatic carbocycles. The first-order chi connectivity index (χ1) is 8.58. The number of hydrogen-bond donors (Lipinski definition) is 2. The Morgan fingerprint density at radius 1 is 1.28 bits per heavy atom. The highest BCUT2D eigenvalue weighted by Gasteiger charge is 2.30. The van der Waals surface area contributed by atoms with E-state index < -0.39 is 5.91 Å². The molecule has 1 saturated carbocycles. The van der Waals surface area contributed by atoms with Crippen molar-refractivity contribution in [2.45, 2.75) is 36.9 Å². The Morgan fingerprint density at radius 2 is 2.00 bits per heavy atom. The molecule has 0 bridgehead atoms. The standard InChI is InChI=1S/C10H15N5O2S/c11-7(16)3-4-15-9(6-1-2-6)13-14-10(15)18-5-8(12)17/h6H,1-5H2,(H2,11,16)(H2,12,17). The van der Waals surface area contributed by atoms with Gasteiger partial charge in [0.2, 0.25) is 11.8 Å². The fourth-order valence-electron chi connectivity index (χ4n) is 1.62. The van der Waals surface area contributed by atoms with Crippen LogP contribution in [0.25, 0.3) is 0 Å². The summed E-state index contributed by atoms with van der Waals surface area (Å²) in [6, 6.07) is 0. The van der Waals surface area contributed by atoms with Gasteiger partial charge >= 0.3 is 0 Å². The Morgan fingerprint density at radius 3 is 2.56 bits per heavy atom. The van der Waals surface area contributed by atoms with Crippen molar-refractivity contribution in [2.24, 2.45) is 11.5 Å². The van der Waals surface area contributed by atoms with Gasteiger partial charge in [0.25, 0.3) is 0 Å². The highest BCUT2D eigenvalue weighted by molar-refractivity contribution is 7.99. The zero-order valence-corrected chi connectivity index (χ0v) is 10.7. The van der Waals surface area contributed by atoms with Gasteiger partial charge in [-0.2, -0.15) is 0 Å². The summed E-state index contributed by atoms with van der Waals surface area (Å²) in [6.45, 7) is 0.454. The minimum Gasteiger partial charge on any atom is -0.370 e. The van der Waals surface area contributed by atoms with Gasteiger partial charge in [0.05, 0.1) is 5.75 Å². The molecule has 0 radical (unpaired) electrons. The first kappa shape index (κ1) is 12.9. The molecule has 1 fully saturated rings. The maximum absolute atomic E-state index is 10.9. The van der Waals surface area contributed by atoms with Gasteiger partial charge in [-0.1, -0.05) is 11.8 Å². The van der Waals surface area contributed by atoms with Crippen molar-refractivity contribution in [2.75, 3.05) is 5.75 Å². The third kappa shape index (κ3) is 3.22. The van der Waals surface area contributed by atoms with Crippen LogP contribution in [0.2, 0.25) is 0 Å². The summed E-state index contributed by atoms with van der Waals surface area (Å²) in [5, 5.41) is 8.79. The molecule has 1 heterocycles. The quantitative estimate of drug-likeness (QED) is 0.654. The van der Waals surface area contributed by atoms with Crippen molar-refractivity contribution in [3.05, 3.63) is 5.82 Å². The molecule has 18 heavy (non-hydrogen) atoms. The van der Waals surface area contributed by atoms with Crippen LogP contribution < -0.4 is 11.5 Å². The Hall–Kier alpha value is -1.57. The average Bonchev–Trinajstić information content (AvgIpc) is 3.05. The van der Waals surface area contributed by atoms with Gasteiger partial charge in [0.1, 0.15) is 5.82 Å². The molecule has 1 aromatic heterocycles. The van der Waals surface area contributed by atoms with E-state index in [1.165, 1.54) is 11.8 Å². The van der Waals surface area contributed by atoms with Crippen molar-refractivity contribution in [3.63, 3.8) is 0 Å². The number of rotatable bonds is 7. The Bertz CT molecular complexity index is 469. The lowest BCUT2D eigenvalue weighted by Gasteiger charge is -2.07. The van der Waals surface area contributed by atoms with Crippen molar-refractivity contribution >= 4 is 23.6 Å². The van der Waals surface area contributed by atoms with Crippen LogP contribution in [-0.4, -0.2) is 32.3 Å². The van der Waals surface area contributed by atoms with E-state index in [9.17, 15) is 9.59 Å². The number of primary amides is 2. The second kappa shape index (κ2) is 5.38. The van der Waals surface area contributed by atoms with Crippen LogP contribution in [0.3, 0.4) is 0 Å². The van der Waals surface area contributed by atoms with Gasteiger partial charge < -0.3 is 16.0 Å². The number of hydrogen-bond acceptors (Lipinski definition) is 5. The van der Waals surface area contributed by atoms with E-state index in [1.807, 2.05) is 4.57 Å². The van der Waals surface area contributed by atoms with Crippen LogP contribution in [-0.2, 0) is 16.1 Å². The molecule has 2 rings (SSSR count). The van der Waals surface area contributed by atoms with E-state index in [1.54, 1.807) is 0 Å². The van der Waals surface area contributed by atoms with Gasteiger partial charge in [0, 0.05) is 18.9 Å². The third-order valence-corrected chi connectivity index (χ3v) is 3.60. The molecule has 2 amide bonds. The number of amides is 2. The molecule has 0 atom stereocenters. The van der Waals surface area contributed by atoms with Gasteiger partial charge in [0.15, 0.2) is 5.16 Å². The van der Waals surface area contributed by atoms with Gasteiger partial charge in [-0.3, -0.25) is 9.59 Å². The largest absolute Gasteiger partial charge is 0.370 e. The molecule has 98 valence electrons. The first-order valence-corrected chi connectivity index (χ1v) is 6.69. The molecule has 1 aliphatic carbocycles. The van der Waals surface area contributed by atoms with E-state index in [0.717, 1.165) is 18.7 Å². The summed E-state index contributed by atoms with van der Waals surface area (Å²) < 4.78 is 1.87. The van der Waals surface area contributed by atoms with E-state index in [-0.39, 0.29) is 18.1 Å². The highest BCUT2D eigenvalue weighted by atomic mass is 32.2. The topological polar surface area (TPSA) is 117 Å². The van der Waals surface area contributed by atoms with Crippen LogP contribution in [0.15, 0.2) is 5.16 Å². The monoisotopic (exact) mass is 269 g/mol. The summed E-state index contributed by atoms with van der Waals surface area (Å²) in [4.78, 5) is 21.6. The van der Waals surface area contributed by atoms with Crippen molar-refractivity contribution in [1.29, 1.82) is 0 Å². The molecule has 0 unspecified atom stereocenters. The van der Waals surface area contributed by atoms with Gasteiger partial charge in [-0.15, -0.1) is 10.2 Å². The van der Waals surface area contributed by atoms with E-state index in [2.05, 4.69) is 10.2 Å². The maximum atomic E-state index is 10.9. The Kier molecular flexibility index (Phi) is 3.85. The average molecular weight is 269 g/mol. The summed E-state index contributed by atoms with van der Waals surface area (Å²) in [6.07, 6.45) is 2.42. The minimum absolute atomic E-state index is 0.152. The normalized spacial score (nSPS) is 14.7. The Balaban J connectivity index is 2.11. The minimum atomic E-state index is -0.405. The van der Waals surface area contributed by atoms with Crippen LogP contribution in [0, 0.1) is 0 Å². The lowest BCUT2D eigenvalue weighted by molar-refractivity contribution is -0.118. The summed E-state index contributed by atoms with van der Waals surface area (Å²) in [7, 11) is 0. The van der Waals surface area contributed by atoms with E-state index in [4.69, 9.17) is 11.5 Å². The van der Waals surface area contributed by atoms with Crippen LogP contribution in [0.4, 0.5) is 0 Å². The number of aromatic nitrogens is 3. The van der Waals surface area contributed by atoms with E-state index >= 15 is 0 Å². The molecule has 7 nitrogen and oxygen atoms in total. The maximum Gasteiger partial charge on any atom is 0.227 e. The SMILES string of the molecule is NC(=O)CCn1c(SCC(N)=O)nnc1C1CC1. The Labute approximate surface area is 108 Å². The number of carbonyl (C=O) groups excluding carboxylic acids is 2. The zero-order chi connectivity index (χ0) is 13.1. The third-order valence-electron chi connectivity index (χ3n) is 2.61. The van der Waals surface area contributed by atoms with Gasteiger partial charge in [-0.05, 0) is 12.8 Å². The molecule has 4 N–H and O–H groups in total. The summed E-state index contributed by atoms with van der Waals surface area (Å²) in [5.74, 6) is 0.685. The van der Waals surface area contributed by atoms with E-state index in [0.29, 0.717) is 17.6 Å². The van der Waals surface area contributed by atoms with Crippen LogP contribution in [0.1, 0.15) is 31.0 Å². The zero-order valence-electron chi connectivity index (χ0n) is 9.83. The second-order valence-corrected chi connectivity index (χ2v) is 5.18. The number of thioether (sulfide) groups is 1. The number of nitrogens with two attached hydrogens (primary N) is 2. The number of nitrogens with zero attached hydrogens (tertiary/aromatic N) is 3. The fraction of sp³-hybridized carbons (Fsp3) is 0.600.